The number of rotatable bonds is 2. The number of alkyl halides is 3. The van der Waals surface area contributed by atoms with Gasteiger partial charge < -0.3 is 15.1 Å². The Kier molecular flexibility index (Phi) is 5.06. The Bertz CT molecular complexity index is 784. The van der Waals surface area contributed by atoms with Crippen molar-refractivity contribution in [2.45, 2.75) is 13.1 Å². The summed E-state index contributed by atoms with van der Waals surface area (Å²) in [6.45, 7) is 3.38. The first-order chi connectivity index (χ1) is 12.3. The fraction of sp³-hybridized carbons (Fsp3) is 0.316. The average Bonchev–Trinajstić information content (AvgIpc) is 2.61. The molecule has 1 N–H and O–H groups in total. The lowest BCUT2D eigenvalue weighted by Crippen LogP contribution is -2.50. The van der Waals surface area contributed by atoms with Crippen molar-refractivity contribution in [3.05, 3.63) is 59.7 Å². The molecule has 0 aliphatic carbocycles. The maximum atomic E-state index is 13.2. The molecule has 0 atom stereocenters. The van der Waals surface area contributed by atoms with E-state index in [0.29, 0.717) is 31.9 Å². The van der Waals surface area contributed by atoms with Crippen LogP contribution in [-0.2, 0) is 6.18 Å². The number of para-hydroxylation sites is 1. The number of hydrogen-bond donors (Lipinski definition) is 1. The predicted octanol–water partition coefficient (Wildman–Crippen LogP) is 4.37. The lowest BCUT2D eigenvalue weighted by Gasteiger charge is -2.37. The first-order valence-corrected chi connectivity index (χ1v) is 8.38. The molecule has 1 aliphatic rings. The van der Waals surface area contributed by atoms with E-state index in [0.717, 1.165) is 11.6 Å². The summed E-state index contributed by atoms with van der Waals surface area (Å²) in [6.07, 6.45) is -4.39. The second-order valence-corrected chi connectivity index (χ2v) is 6.29. The molecule has 7 heteroatoms. The summed E-state index contributed by atoms with van der Waals surface area (Å²) in [4.78, 5) is 15.7. The van der Waals surface area contributed by atoms with E-state index in [1.807, 2.05) is 25.1 Å². The van der Waals surface area contributed by atoms with Crippen LogP contribution in [0.1, 0.15) is 11.1 Å². The standard InChI is InChI=1S/C19H20F3N3O/c1-14-5-4-6-15(13-14)23-18(26)25-11-9-24(10-12-25)17-8-3-2-7-16(17)19(20,21)22/h2-8,13H,9-12H2,1H3,(H,23,26). The van der Waals surface area contributed by atoms with Gasteiger partial charge in [0.1, 0.15) is 0 Å². The molecule has 0 radical (unpaired) electrons. The predicted molar refractivity (Wildman–Crippen MR) is 95.4 cm³/mol. The van der Waals surface area contributed by atoms with Gasteiger partial charge in [0.25, 0.3) is 0 Å². The van der Waals surface area contributed by atoms with Gasteiger partial charge in [-0.05, 0) is 36.8 Å². The Morgan fingerprint density at radius 3 is 2.35 bits per heavy atom. The molecule has 1 aliphatic heterocycles. The number of anilines is 2. The van der Waals surface area contributed by atoms with Crippen LogP contribution in [0.5, 0.6) is 0 Å². The third-order valence-corrected chi connectivity index (χ3v) is 4.39. The zero-order chi connectivity index (χ0) is 18.7. The van der Waals surface area contributed by atoms with Crippen molar-refractivity contribution in [3.63, 3.8) is 0 Å². The fourth-order valence-corrected chi connectivity index (χ4v) is 3.06. The van der Waals surface area contributed by atoms with Crippen LogP contribution in [0.2, 0.25) is 0 Å². The van der Waals surface area contributed by atoms with Crippen molar-refractivity contribution < 1.29 is 18.0 Å². The summed E-state index contributed by atoms with van der Waals surface area (Å²) in [5, 5.41) is 2.83. The molecular weight excluding hydrogens is 343 g/mol. The number of nitrogens with one attached hydrogen (secondary N) is 1. The third-order valence-electron chi connectivity index (χ3n) is 4.39. The van der Waals surface area contributed by atoms with Crippen molar-refractivity contribution >= 4 is 17.4 Å². The van der Waals surface area contributed by atoms with Crippen molar-refractivity contribution in [2.75, 3.05) is 36.4 Å². The molecule has 1 fully saturated rings. The van der Waals surface area contributed by atoms with Crippen LogP contribution < -0.4 is 10.2 Å². The smallest absolute Gasteiger partial charge is 0.367 e. The van der Waals surface area contributed by atoms with Gasteiger partial charge in [-0.25, -0.2) is 4.79 Å². The second kappa shape index (κ2) is 7.27. The van der Waals surface area contributed by atoms with Crippen LogP contribution in [0.25, 0.3) is 0 Å². The molecule has 2 aromatic rings. The zero-order valence-electron chi connectivity index (χ0n) is 14.4. The normalized spacial score (nSPS) is 15.1. The van der Waals surface area contributed by atoms with Crippen LogP contribution in [0.15, 0.2) is 48.5 Å². The summed E-state index contributed by atoms with van der Waals surface area (Å²) in [5.74, 6) is 0. The van der Waals surface area contributed by atoms with E-state index in [-0.39, 0.29) is 11.7 Å². The molecule has 1 saturated heterocycles. The van der Waals surface area contributed by atoms with Crippen LogP contribution in [0.4, 0.5) is 29.3 Å². The highest BCUT2D eigenvalue weighted by molar-refractivity contribution is 5.89. The minimum atomic E-state index is -4.39. The quantitative estimate of drug-likeness (QED) is 0.860. The van der Waals surface area contributed by atoms with E-state index in [2.05, 4.69) is 5.32 Å². The number of aryl methyl sites for hydroxylation is 1. The number of halogens is 3. The van der Waals surface area contributed by atoms with Crippen molar-refractivity contribution in [3.8, 4) is 0 Å². The number of nitrogens with zero attached hydrogens (tertiary/aromatic N) is 2. The molecule has 2 amide bonds. The highest BCUT2D eigenvalue weighted by Crippen LogP contribution is 2.36. The summed E-state index contributed by atoms with van der Waals surface area (Å²) in [6, 6.07) is 12.8. The summed E-state index contributed by atoms with van der Waals surface area (Å²) >= 11 is 0. The van der Waals surface area contributed by atoms with E-state index >= 15 is 0 Å². The first kappa shape index (κ1) is 18.1. The van der Waals surface area contributed by atoms with Gasteiger partial charge in [0.15, 0.2) is 0 Å². The molecule has 0 bridgehead atoms. The molecule has 0 aromatic heterocycles. The lowest BCUT2D eigenvalue weighted by atomic mass is 10.1. The molecule has 2 aromatic carbocycles. The molecule has 138 valence electrons. The van der Waals surface area contributed by atoms with E-state index in [1.54, 1.807) is 21.9 Å². The molecule has 26 heavy (non-hydrogen) atoms. The zero-order valence-corrected chi connectivity index (χ0v) is 14.4. The number of piperazine rings is 1. The SMILES string of the molecule is Cc1cccc(NC(=O)N2CCN(c3ccccc3C(F)(F)F)CC2)c1. The molecule has 1 heterocycles. The first-order valence-electron chi connectivity index (χ1n) is 8.38. The maximum Gasteiger partial charge on any atom is 0.418 e. The largest absolute Gasteiger partial charge is 0.418 e. The summed E-state index contributed by atoms with van der Waals surface area (Å²) in [7, 11) is 0. The summed E-state index contributed by atoms with van der Waals surface area (Å²) in [5.41, 5.74) is 1.27. The number of amides is 2. The van der Waals surface area contributed by atoms with Gasteiger partial charge in [0, 0.05) is 37.6 Å². The van der Waals surface area contributed by atoms with E-state index in [1.165, 1.54) is 12.1 Å². The van der Waals surface area contributed by atoms with Crippen LogP contribution >= 0.6 is 0 Å². The van der Waals surface area contributed by atoms with Crippen molar-refractivity contribution in [2.24, 2.45) is 0 Å². The fourth-order valence-electron chi connectivity index (χ4n) is 3.06. The van der Waals surface area contributed by atoms with Gasteiger partial charge in [-0.1, -0.05) is 24.3 Å². The van der Waals surface area contributed by atoms with Crippen LogP contribution in [0.3, 0.4) is 0 Å². The van der Waals surface area contributed by atoms with Gasteiger partial charge in [-0.2, -0.15) is 13.2 Å². The highest BCUT2D eigenvalue weighted by Gasteiger charge is 2.35. The third kappa shape index (κ3) is 4.09. The van der Waals surface area contributed by atoms with Crippen LogP contribution in [-0.4, -0.2) is 37.1 Å². The molecule has 4 nitrogen and oxygen atoms in total. The second-order valence-electron chi connectivity index (χ2n) is 6.29. The van der Waals surface area contributed by atoms with E-state index in [4.69, 9.17) is 0 Å². The number of benzene rings is 2. The van der Waals surface area contributed by atoms with Crippen LogP contribution in [0, 0.1) is 6.92 Å². The van der Waals surface area contributed by atoms with Gasteiger partial charge in [-0.15, -0.1) is 0 Å². The minimum absolute atomic E-state index is 0.166. The molecule has 0 spiro atoms. The lowest BCUT2D eigenvalue weighted by molar-refractivity contribution is -0.137. The minimum Gasteiger partial charge on any atom is -0.367 e. The Morgan fingerprint density at radius 2 is 1.69 bits per heavy atom. The van der Waals surface area contributed by atoms with Gasteiger partial charge in [0.05, 0.1) is 5.56 Å². The number of urea groups is 1. The maximum absolute atomic E-state index is 13.2. The Labute approximate surface area is 150 Å². The highest BCUT2D eigenvalue weighted by atomic mass is 19.4. The van der Waals surface area contributed by atoms with E-state index in [9.17, 15) is 18.0 Å². The molecular formula is C19H20F3N3O. The van der Waals surface area contributed by atoms with Gasteiger partial charge >= 0.3 is 12.2 Å². The Hall–Kier alpha value is -2.70. The Morgan fingerprint density at radius 1 is 1.00 bits per heavy atom. The average molecular weight is 363 g/mol. The topological polar surface area (TPSA) is 35.6 Å². The van der Waals surface area contributed by atoms with Gasteiger partial charge in [0.2, 0.25) is 0 Å². The van der Waals surface area contributed by atoms with E-state index < -0.39 is 11.7 Å². The molecule has 3 rings (SSSR count). The number of carbonyl (C=O) groups is 1. The number of hydrogen-bond acceptors (Lipinski definition) is 2. The Balaban J connectivity index is 1.64. The van der Waals surface area contributed by atoms with Gasteiger partial charge in [-0.3, -0.25) is 0 Å². The monoisotopic (exact) mass is 363 g/mol. The van der Waals surface area contributed by atoms with Crippen molar-refractivity contribution in [1.29, 1.82) is 0 Å². The number of carbonyl (C=O) groups excluding carboxylic acids is 1. The molecule has 0 unspecified atom stereocenters. The molecule has 0 saturated carbocycles. The van der Waals surface area contributed by atoms with Crippen molar-refractivity contribution in [1.82, 2.24) is 4.90 Å². The summed E-state index contributed by atoms with van der Waals surface area (Å²) < 4.78 is 39.5.